The van der Waals surface area contributed by atoms with Gasteiger partial charge >= 0.3 is 0 Å². The number of carbonyl (C=O) groups is 1. The lowest BCUT2D eigenvalue weighted by molar-refractivity contribution is 0.0933. The highest BCUT2D eigenvalue weighted by molar-refractivity contribution is 5.95. The molecule has 2 aromatic heterocycles. The average Bonchev–Trinajstić information content (AvgIpc) is 3.01. The van der Waals surface area contributed by atoms with Gasteiger partial charge in [0.15, 0.2) is 5.88 Å². The number of nitrogens with zero attached hydrogens (tertiary/aromatic N) is 2. The van der Waals surface area contributed by atoms with E-state index in [-0.39, 0.29) is 23.3 Å². The van der Waals surface area contributed by atoms with E-state index in [0.717, 1.165) is 22.0 Å². The predicted octanol–water partition coefficient (Wildman–Crippen LogP) is 3.23. The largest absolute Gasteiger partial charge is 0.494 e. The Morgan fingerprint density at radius 1 is 1.04 bits per heavy atom. The first-order valence-electron chi connectivity index (χ1n) is 8.09. The Kier molecular flexibility index (Phi) is 3.28. The smallest absolute Gasteiger partial charge is 0.230 e. The molecule has 0 atom stereocenters. The van der Waals surface area contributed by atoms with Crippen LogP contribution in [0.5, 0.6) is 17.6 Å². The van der Waals surface area contributed by atoms with Crippen LogP contribution in [0.3, 0.4) is 0 Å². The van der Waals surface area contributed by atoms with Crippen molar-refractivity contribution in [3.63, 3.8) is 0 Å². The van der Waals surface area contributed by atoms with E-state index in [1.165, 1.54) is 25.1 Å². The molecule has 0 radical (unpaired) electrons. The maximum Gasteiger partial charge on any atom is 0.230 e. The lowest BCUT2D eigenvalue weighted by atomic mass is 9.95. The van der Waals surface area contributed by atoms with Gasteiger partial charge in [-0.1, -0.05) is 0 Å². The summed E-state index contributed by atoms with van der Waals surface area (Å²) in [6.07, 6.45) is 3.03. The summed E-state index contributed by atoms with van der Waals surface area (Å²) in [4.78, 5) is 11.8. The fourth-order valence-corrected chi connectivity index (χ4v) is 3.70. The summed E-state index contributed by atoms with van der Waals surface area (Å²) in [5.74, 6) is -1.76. The topological polar surface area (TPSA) is 87.6 Å². The van der Waals surface area contributed by atoms with Gasteiger partial charge in [0.25, 0.3) is 0 Å². The number of halogens is 1. The summed E-state index contributed by atoms with van der Waals surface area (Å²) in [6.45, 7) is 1.28. The van der Waals surface area contributed by atoms with Crippen molar-refractivity contribution in [3.05, 3.63) is 35.1 Å². The van der Waals surface area contributed by atoms with E-state index in [0.29, 0.717) is 34.9 Å². The van der Waals surface area contributed by atoms with E-state index in [1.54, 1.807) is 0 Å². The molecule has 6 nitrogen and oxygen atoms in total. The van der Waals surface area contributed by atoms with E-state index in [2.05, 4.69) is 0 Å². The summed E-state index contributed by atoms with van der Waals surface area (Å²) in [6, 6.07) is 3.81. The Hall–Kier alpha value is -2.96. The molecular weight excluding hydrogens is 327 g/mol. The standard InChI is InChI=1S/C18H17FN2O4/c1-9(22)20-14-8-15(13(19)6-10(14)7-16(20)23)21-17(24)11-4-2-3-5-12(11)18(21)25/h6-8,23-25H,2-5H2,1H3. The van der Waals surface area contributed by atoms with E-state index < -0.39 is 11.7 Å². The van der Waals surface area contributed by atoms with Gasteiger partial charge in [-0.05, 0) is 37.8 Å². The Morgan fingerprint density at radius 2 is 1.64 bits per heavy atom. The summed E-state index contributed by atoms with van der Waals surface area (Å²) in [5.41, 5.74) is 1.49. The van der Waals surface area contributed by atoms with Crippen LogP contribution in [-0.2, 0) is 12.8 Å². The molecule has 0 saturated carbocycles. The molecule has 3 aromatic rings. The lowest BCUT2D eigenvalue weighted by Crippen LogP contribution is -2.05. The van der Waals surface area contributed by atoms with Gasteiger partial charge in [0.1, 0.15) is 5.82 Å². The Balaban J connectivity index is 2.02. The van der Waals surface area contributed by atoms with Gasteiger partial charge in [-0.15, -0.1) is 0 Å². The second-order valence-electron chi connectivity index (χ2n) is 6.37. The van der Waals surface area contributed by atoms with Crippen LogP contribution in [0.4, 0.5) is 4.39 Å². The van der Waals surface area contributed by atoms with Crippen LogP contribution >= 0.6 is 0 Å². The zero-order valence-electron chi connectivity index (χ0n) is 13.6. The molecule has 25 heavy (non-hydrogen) atoms. The highest BCUT2D eigenvalue weighted by atomic mass is 19.1. The molecular formula is C18H17FN2O4. The first kappa shape index (κ1) is 15.6. The summed E-state index contributed by atoms with van der Waals surface area (Å²) >= 11 is 0. The van der Waals surface area contributed by atoms with Crippen molar-refractivity contribution >= 4 is 16.8 Å². The van der Waals surface area contributed by atoms with Gasteiger partial charge in [0, 0.05) is 29.5 Å². The maximum atomic E-state index is 14.7. The van der Waals surface area contributed by atoms with Gasteiger partial charge < -0.3 is 15.3 Å². The molecule has 0 aliphatic heterocycles. The van der Waals surface area contributed by atoms with Crippen molar-refractivity contribution in [1.29, 1.82) is 0 Å². The van der Waals surface area contributed by atoms with Crippen LogP contribution in [0.2, 0.25) is 0 Å². The van der Waals surface area contributed by atoms with Gasteiger partial charge in [-0.3, -0.25) is 9.36 Å². The first-order valence-corrected chi connectivity index (χ1v) is 8.09. The number of fused-ring (bicyclic) bond motifs is 2. The number of hydrogen-bond donors (Lipinski definition) is 3. The van der Waals surface area contributed by atoms with Crippen LogP contribution in [-0.4, -0.2) is 30.4 Å². The number of benzene rings is 1. The SMILES string of the molecule is CC(=O)n1c(O)cc2cc(F)c(-n3c(O)c4c(c3O)CCCC4)cc21. The van der Waals surface area contributed by atoms with Crippen LogP contribution in [0.25, 0.3) is 16.6 Å². The molecule has 0 spiro atoms. The van der Waals surface area contributed by atoms with Crippen LogP contribution in [0, 0.1) is 5.82 Å². The number of hydrogen-bond acceptors (Lipinski definition) is 4. The molecule has 130 valence electrons. The summed E-state index contributed by atoms with van der Waals surface area (Å²) in [5, 5.41) is 31.3. The Bertz CT molecular complexity index is 1000. The molecule has 1 aromatic carbocycles. The second-order valence-corrected chi connectivity index (χ2v) is 6.37. The summed E-state index contributed by atoms with van der Waals surface area (Å²) in [7, 11) is 0. The van der Waals surface area contributed by atoms with Gasteiger partial charge in [0.2, 0.25) is 17.7 Å². The molecule has 2 heterocycles. The Labute approximate surface area is 142 Å². The average molecular weight is 344 g/mol. The van der Waals surface area contributed by atoms with Gasteiger partial charge in [0.05, 0.1) is 11.2 Å². The zero-order chi connectivity index (χ0) is 17.9. The fourth-order valence-electron chi connectivity index (χ4n) is 3.70. The van der Waals surface area contributed by atoms with Crippen molar-refractivity contribution in [2.45, 2.75) is 32.6 Å². The van der Waals surface area contributed by atoms with Crippen LogP contribution in [0.15, 0.2) is 18.2 Å². The van der Waals surface area contributed by atoms with E-state index in [1.807, 2.05) is 0 Å². The molecule has 0 fully saturated rings. The minimum atomic E-state index is -0.675. The number of aromatic nitrogens is 2. The molecule has 7 heteroatoms. The number of aromatic hydroxyl groups is 3. The summed E-state index contributed by atoms with van der Waals surface area (Å²) < 4.78 is 16.8. The normalized spacial score (nSPS) is 14.0. The molecule has 1 aliphatic carbocycles. The lowest BCUT2D eigenvalue weighted by Gasteiger charge is -2.10. The van der Waals surface area contributed by atoms with Crippen molar-refractivity contribution in [1.82, 2.24) is 9.13 Å². The van der Waals surface area contributed by atoms with E-state index in [9.17, 15) is 24.5 Å². The van der Waals surface area contributed by atoms with Crippen molar-refractivity contribution in [2.24, 2.45) is 0 Å². The highest BCUT2D eigenvalue weighted by Crippen LogP contribution is 2.42. The molecule has 0 unspecified atom stereocenters. The third-order valence-electron chi connectivity index (χ3n) is 4.84. The predicted molar refractivity (Wildman–Crippen MR) is 89.2 cm³/mol. The van der Waals surface area contributed by atoms with Gasteiger partial charge in [-0.25, -0.2) is 8.96 Å². The second kappa shape index (κ2) is 5.27. The van der Waals surface area contributed by atoms with E-state index >= 15 is 0 Å². The fraction of sp³-hybridized carbons (Fsp3) is 0.278. The molecule has 0 saturated heterocycles. The van der Waals surface area contributed by atoms with Crippen LogP contribution in [0.1, 0.15) is 35.7 Å². The van der Waals surface area contributed by atoms with E-state index in [4.69, 9.17) is 0 Å². The van der Waals surface area contributed by atoms with Crippen molar-refractivity contribution < 1.29 is 24.5 Å². The number of rotatable bonds is 1. The number of carbonyl (C=O) groups excluding carboxylic acids is 1. The monoisotopic (exact) mass is 344 g/mol. The highest BCUT2D eigenvalue weighted by Gasteiger charge is 2.27. The minimum Gasteiger partial charge on any atom is -0.494 e. The minimum absolute atomic E-state index is 0.0718. The zero-order valence-corrected chi connectivity index (χ0v) is 13.6. The maximum absolute atomic E-state index is 14.7. The molecule has 0 amide bonds. The third kappa shape index (κ3) is 2.12. The third-order valence-corrected chi connectivity index (χ3v) is 4.84. The molecule has 0 bridgehead atoms. The first-order chi connectivity index (χ1) is 11.9. The molecule has 1 aliphatic rings. The molecule has 3 N–H and O–H groups in total. The van der Waals surface area contributed by atoms with Gasteiger partial charge in [-0.2, -0.15) is 0 Å². The quantitative estimate of drug-likeness (QED) is 0.632. The molecule has 4 rings (SSSR count). The Morgan fingerprint density at radius 3 is 2.20 bits per heavy atom. The van der Waals surface area contributed by atoms with Crippen molar-refractivity contribution in [2.75, 3.05) is 0 Å². The van der Waals surface area contributed by atoms with Crippen molar-refractivity contribution in [3.8, 4) is 23.3 Å². The van der Waals surface area contributed by atoms with Crippen LogP contribution < -0.4 is 0 Å².